The highest BCUT2D eigenvalue weighted by atomic mass is 32.2. The summed E-state index contributed by atoms with van der Waals surface area (Å²) in [6.07, 6.45) is 30.5. The number of thiol groups is 1. The summed E-state index contributed by atoms with van der Waals surface area (Å²) in [5.74, 6) is 1.52. The first kappa shape index (κ1) is 83.3. The standard InChI is InChI=1S/C55H71NO4S.C37H57NO7S/c1-3-4-10-30-46(57)33-34-47-51-37-41-23-21-22-40(2)50(41)38-42(51)39-52(47)60-54(59)49-32-18-17-31-48(49)53(58)56-35-19-5-6-20-36-61-55(43-24-11-7-12-25-43,44-26-13-8-14-27-44)45-28-15-9-16-29-45;1-2-3-6-13-27(39)17-18-28-31-21-25-12-11-16-33(44-24-35(40)41)32(25)22-26(31)23-34(28)45-37(43)30-15-8-7-14-29(30)36(42)38-19-9-4-5-10-20-46/h7-9,11-16,21-29,42,46-49,51-52,57H,3-6,10,17-20,30-39H2,1-2H3,(H,56,58);11-12,16,26-31,34,39,46H,2-10,13-15,17-24H2,1H3,(H,38,42)(H,40,41)/t42-,46-,47+,48-,49+,51-,52+;26-,27-,28+,29-,30+,31-,34+/m00/s1. The summed E-state index contributed by atoms with van der Waals surface area (Å²) in [5, 5.41) is 37.3. The predicted octanol–water partition coefficient (Wildman–Crippen LogP) is 18.7. The summed E-state index contributed by atoms with van der Waals surface area (Å²) in [4.78, 5) is 66.2. The number of ether oxygens (including phenoxy) is 3. The first-order valence-corrected chi connectivity index (χ1v) is 43.6. The average Bonchev–Trinajstić information content (AvgIpc) is 1.77. The maximum atomic E-state index is 14.2. The number of rotatable bonds is 40. The van der Waals surface area contributed by atoms with Crippen molar-refractivity contribution in [3.63, 3.8) is 0 Å². The number of unbranched alkanes of at least 4 members (excludes halogenated alkanes) is 10. The van der Waals surface area contributed by atoms with E-state index in [1.165, 1.54) is 38.9 Å². The number of esters is 2. The van der Waals surface area contributed by atoms with Crippen LogP contribution < -0.4 is 15.4 Å². The van der Waals surface area contributed by atoms with E-state index in [1.54, 1.807) is 0 Å². The summed E-state index contributed by atoms with van der Waals surface area (Å²) in [6, 6.07) is 45.2. The van der Waals surface area contributed by atoms with E-state index in [9.17, 15) is 39.3 Å². The molecule has 5 aromatic rings. The molecule has 0 saturated heterocycles. The Hall–Kier alpha value is -6.13. The molecule has 15 heteroatoms. The van der Waals surface area contributed by atoms with Gasteiger partial charge in [0, 0.05) is 13.1 Å². The van der Waals surface area contributed by atoms with Crippen LogP contribution in [0.5, 0.6) is 5.75 Å². The van der Waals surface area contributed by atoms with Gasteiger partial charge in [0.25, 0.3) is 0 Å². The zero-order chi connectivity index (χ0) is 75.3. The van der Waals surface area contributed by atoms with Crippen molar-refractivity contribution in [3.05, 3.63) is 172 Å². The lowest BCUT2D eigenvalue weighted by atomic mass is 9.73. The fraction of sp³-hybridized carbons (Fsp3) is 0.620. The van der Waals surface area contributed by atoms with Gasteiger partial charge >= 0.3 is 17.9 Å². The predicted molar refractivity (Wildman–Crippen MR) is 434 cm³/mol. The lowest BCUT2D eigenvalue weighted by Gasteiger charge is -2.35. The number of aliphatic hydroxyl groups is 2. The van der Waals surface area contributed by atoms with Crippen molar-refractivity contribution in [2.75, 3.05) is 31.2 Å². The van der Waals surface area contributed by atoms with Gasteiger partial charge in [-0.1, -0.05) is 225 Å². The van der Waals surface area contributed by atoms with Gasteiger partial charge in [-0.05, 0) is 233 Å². The number of amides is 2. The molecule has 5 aromatic carbocycles. The molecule has 0 spiro atoms. The van der Waals surface area contributed by atoms with Crippen molar-refractivity contribution in [1.82, 2.24) is 10.6 Å². The molecule has 0 aromatic heterocycles. The van der Waals surface area contributed by atoms with Gasteiger partial charge in [-0.15, -0.1) is 11.8 Å². The highest BCUT2D eigenvalue weighted by Crippen LogP contribution is 2.53. The van der Waals surface area contributed by atoms with E-state index < -0.39 is 11.9 Å². The first-order chi connectivity index (χ1) is 52.2. The largest absolute Gasteiger partial charge is 0.482 e. The lowest BCUT2D eigenvalue weighted by molar-refractivity contribution is -0.162. The maximum absolute atomic E-state index is 14.2. The highest BCUT2D eigenvalue weighted by molar-refractivity contribution is 8.00. The smallest absolute Gasteiger partial charge is 0.341 e. The molecule has 11 rings (SSSR count). The second kappa shape index (κ2) is 43.5. The van der Waals surface area contributed by atoms with E-state index in [4.69, 9.17) is 14.2 Å². The molecule has 4 fully saturated rings. The molecule has 107 heavy (non-hydrogen) atoms. The van der Waals surface area contributed by atoms with Crippen molar-refractivity contribution in [1.29, 1.82) is 0 Å². The molecule has 0 aliphatic heterocycles. The molecule has 584 valence electrons. The van der Waals surface area contributed by atoms with Crippen LogP contribution in [0.3, 0.4) is 0 Å². The number of carboxylic acid groups (broad SMARTS) is 1. The van der Waals surface area contributed by atoms with Crippen LogP contribution in [0.2, 0.25) is 0 Å². The van der Waals surface area contributed by atoms with E-state index in [0.29, 0.717) is 55.9 Å². The summed E-state index contributed by atoms with van der Waals surface area (Å²) < 4.78 is 18.4. The number of aliphatic carboxylic acids is 1. The number of hydrogen-bond acceptors (Lipinski definition) is 12. The van der Waals surface area contributed by atoms with E-state index in [1.807, 2.05) is 23.9 Å². The van der Waals surface area contributed by atoms with E-state index in [2.05, 4.69) is 159 Å². The molecule has 6 aliphatic carbocycles. The zero-order valence-electron chi connectivity index (χ0n) is 64.7. The Balaban J connectivity index is 0.000000238. The number of carbonyl (C=O) groups is 5. The normalized spacial score (nSPS) is 24.2. The SMILES string of the molecule is CCCCC[C@H](O)CC[C@@H]1[C@H]2Cc3cccc(C)c3C[C@H]2C[C@H]1OC(=O)[C@@H]1CCCC[C@@H]1C(=O)NCCCCCCSC(c1ccccc1)(c1ccccc1)c1ccccc1.CCCCC[C@H](O)CC[C@@H]1[C@H]2Cc3cccc(OCC(=O)O)c3C[C@H]2C[C@H]1OC(=O)[C@@H]1CCCC[C@@H]1C(=O)NCCCCCCS. The third-order valence-corrected chi connectivity index (χ3v) is 27.1. The van der Waals surface area contributed by atoms with Crippen LogP contribution in [0.25, 0.3) is 0 Å². The van der Waals surface area contributed by atoms with Crippen LogP contribution in [0, 0.1) is 66.1 Å². The van der Waals surface area contributed by atoms with Crippen molar-refractivity contribution in [2.24, 2.45) is 59.2 Å². The molecule has 13 nitrogen and oxygen atoms in total. The molecule has 2 amide bonds. The molecule has 0 bridgehead atoms. The molecule has 4 saturated carbocycles. The monoisotopic (exact) mass is 1500 g/mol. The van der Waals surface area contributed by atoms with Crippen LogP contribution >= 0.6 is 24.4 Å². The van der Waals surface area contributed by atoms with Gasteiger partial charge < -0.3 is 40.2 Å². The Morgan fingerprint density at radius 3 is 1.41 bits per heavy atom. The molecular weight excluding hydrogens is 1370 g/mol. The number of aryl methyl sites for hydroxylation is 1. The number of fused-ring (bicyclic) bond motifs is 4. The van der Waals surface area contributed by atoms with Crippen LogP contribution in [0.15, 0.2) is 127 Å². The van der Waals surface area contributed by atoms with Crippen LogP contribution in [0.4, 0.5) is 0 Å². The Morgan fingerprint density at radius 1 is 0.505 bits per heavy atom. The number of carboxylic acids is 1. The van der Waals surface area contributed by atoms with Crippen LogP contribution in [-0.4, -0.2) is 101 Å². The zero-order valence-corrected chi connectivity index (χ0v) is 66.5. The second-order valence-electron chi connectivity index (χ2n) is 32.4. The number of thioether (sulfide) groups is 1. The molecular formula is C92H128N2O11S2. The van der Waals surface area contributed by atoms with Crippen molar-refractivity contribution < 1.29 is 53.5 Å². The fourth-order valence-electron chi connectivity index (χ4n) is 19.4. The average molecular weight is 1500 g/mol. The summed E-state index contributed by atoms with van der Waals surface area (Å²) in [6.45, 7) is 7.48. The summed E-state index contributed by atoms with van der Waals surface area (Å²) in [5.41, 5.74) is 10.4. The molecule has 14 atom stereocenters. The molecule has 0 heterocycles. The van der Waals surface area contributed by atoms with E-state index >= 15 is 0 Å². The van der Waals surface area contributed by atoms with E-state index in [-0.39, 0.29) is 95.0 Å². The third-order valence-electron chi connectivity index (χ3n) is 25.2. The summed E-state index contributed by atoms with van der Waals surface area (Å²) in [7, 11) is 0. The second-order valence-corrected chi connectivity index (χ2v) is 34.2. The lowest BCUT2D eigenvalue weighted by Crippen LogP contribution is -2.42. The van der Waals surface area contributed by atoms with Gasteiger partial charge in [-0.3, -0.25) is 19.2 Å². The van der Waals surface area contributed by atoms with Gasteiger partial charge in [0.15, 0.2) is 6.61 Å². The third kappa shape index (κ3) is 23.2. The minimum Gasteiger partial charge on any atom is -0.482 e. The molecule has 0 radical (unpaired) electrons. The van der Waals surface area contributed by atoms with Crippen molar-refractivity contribution in [2.45, 2.75) is 268 Å². The molecule has 6 aliphatic rings. The first-order valence-electron chi connectivity index (χ1n) is 42.0. The van der Waals surface area contributed by atoms with Crippen molar-refractivity contribution >= 4 is 54.1 Å². The molecule has 0 unspecified atom stereocenters. The highest BCUT2D eigenvalue weighted by Gasteiger charge is 2.51. The number of aliphatic hydroxyl groups excluding tert-OH is 2. The Morgan fingerprint density at radius 2 is 0.944 bits per heavy atom. The van der Waals surface area contributed by atoms with Gasteiger partial charge in [0.2, 0.25) is 11.8 Å². The van der Waals surface area contributed by atoms with Crippen LogP contribution in [0.1, 0.15) is 251 Å². The minimum absolute atomic E-state index is 0.0213. The Kier molecular flexibility index (Phi) is 33.9. The van der Waals surface area contributed by atoms with Gasteiger partial charge in [-0.25, -0.2) is 4.79 Å². The van der Waals surface area contributed by atoms with Gasteiger partial charge in [0.1, 0.15) is 18.0 Å². The van der Waals surface area contributed by atoms with Crippen molar-refractivity contribution in [3.8, 4) is 5.75 Å². The minimum atomic E-state index is -1.00. The fourth-order valence-corrected chi connectivity index (χ4v) is 21.2. The summed E-state index contributed by atoms with van der Waals surface area (Å²) >= 11 is 6.28. The van der Waals surface area contributed by atoms with E-state index in [0.717, 1.165) is 216 Å². The maximum Gasteiger partial charge on any atom is 0.341 e. The van der Waals surface area contributed by atoms with Crippen LogP contribution in [-0.2, 0) is 63.9 Å². The Bertz CT molecular complexity index is 3420. The molecule has 5 N–H and O–H groups in total. The number of benzene rings is 5. The number of carbonyl (C=O) groups excluding carboxylic acids is 4. The quantitative estimate of drug-likeness (QED) is 0.00941. The van der Waals surface area contributed by atoms with Gasteiger partial charge in [0.05, 0.1) is 40.6 Å². The Labute approximate surface area is 650 Å². The topological polar surface area (TPSA) is 198 Å². The van der Waals surface area contributed by atoms with Gasteiger partial charge in [-0.2, -0.15) is 12.6 Å². The number of nitrogens with one attached hydrogen (secondary N) is 2. The number of hydrogen-bond donors (Lipinski definition) is 6.